The second kappa shape index (κ2) is 27.0. The largest absolute Gasteiger partial charge is 0.466 e. The molecule has 1 aliphatic rings. The summed E-state index contributed by atoms with van der Waals surface area (Å²) < 4.78 is 9.88. The van der Waals surface area contributed by atoms with Crippen molar-refractivity contribution in [2.75, 3.05) is 51.4 Å². The number of hydrogen-bond donors (Lipinski definition) is 4. The van der Waals surface area contributed by atoms with Gasteiger partial charge in [-0.05, 0) is 38.1 Å². The summed E-state index contributed by atoms with van der Waals surface area (Å²) in [6, 6.07) is 15.3. The third-order valence-electron chi connectivity index (χ3n) is 6.89. The Bertz CT molecular complexity index is 1230. The van der Waals surface area contributed by atoms with Crippen LogP contribution in [0.3, 0.4) is 0 Å². The van der Waals surface area contributed by atoms with E-state index in [0.717, 1.165) is 35.4 Å². The maximum atomic E-state index is 13.4. The molecular weight excluding hydrogens is 620 g/mol. The number of hydrogen-bond acceptors (Lipinski definition) is 9. The number of rotatable bonds is 15. The molecule has 11 heteroatoms. The standard InChI is InChI=1S/C23H28N4O3.C6H13NO2.C6H15N.C3H8/c1-23(2,3)22(29)26-14-16-8-4-5-9-17(16)20(24)21(27(25)12-13-30-15-28)18-10-6-7-11-19(18)26;1-2-4-9-5-3-7-6-8;1-3-4-5-6-7-2;1-3-2/h4-11,15H,12-14,24-25H2,1-3H3;6H,2-5H2,1H3,(H,7,8);7H,3-6H2,1-2H3;3H2,1-2H3/b21-20-;;;. The van der Waals surface area contributed by atoms with E-state index in [1.807, 2.05) is 83.3 Å². The normalized spacial score (nSPS) is 13.2. The van der Waals surface area contributed by atoms with Gasteiger partial charge in [0.1, 0.15) is 6.61 Å². The van der Waals surface area contributed by atoms with Gasteiger partial charge in [-0.15, -0.1) is 0 Å². The molecule has 11 nitrogen and oxygen atoms in total. The van der Waals surface area contributed by atoms with Gasteiger partial charge in [-0.3, -0.25) is 14.4 Å². The fourth-order valence-electron chi connectivity index (χ4n) is 4.55. The summed E-state index contributed by atoms with van der Waals surface area (Å²) in [7, 11) is 2.00. The van der Waals surface area contributed by atoms with Gasteiger partial charge in [0.05, 0.1) is 36.8 Å². The first kappa shape index (κ1) is 45.1. The van der Waals surface area contributed by atoms with Crippen LogP contribution in [0.2, 0.25) is 0 Å². The first-order valence-corrected chi connectivity index (χ1v) is 17.5. The smallest absolute Gasteiger partial charge is 0.293 e. The zero-order valence-corrected chi connectivity index (χ0v) is 31.3. The number of hydrazine groups is 1. The van der Waals surface area contributed by atoms with Crippen LogP contribution in [0, 0.1) is 5.41 Å². The number of fused-ring (bicyclic) bond motifs is 2. The van der Waals surface area contributed by atoms with E-state index in [-0.39, 0.29) is 19.1 Å². The van der Waals surface area contributed by atoms with E-state index in [1.165, 1.54) is 37.2 Å². The quantitative estimate of drug-likeness (QED) is 0.0803. The van der Waals surface area contributed by atoms with Gasteiger partial charge >= 0.3 is 0 Å². The number of carbonyl (C=O) groups is 3. The summed E-state index contributed by atoms with van der Waals surface area (Å²) in [5.41, 5.74) is 10.4. The molecule has 1 heterocycles. The molecule has 2 amide bonds. The van der Waals surface area contributed by atoms with E-state index in [9.17, 15) is 14.4 Å². The maximum Gasteiger partial charge on any atom is 0.293 e. The summed E-state index contributed by atoms with van der Waals surface area (Å²) in [5.74, 6) is 6.37. The Balaban J connectivity index is 0.000000994. The van der Waals surface area contributed by atoms with Crippen LogP contribution in [0.5, 0.6) is 0 Å². The lowest BCUT2D eigenvalue weighted by atomic mass is 9.91. The Morgan fingerprint density at radius 2 is 1.55 bits per heavy atom. The average Bonchev–Trinajstić information content (AvgIpc) is 3.08. The van der Waals surface area contributed by atoms with Crippen LogP contribution in [0.15, 0.2) is 48.5 Å². The highest BCUT2D eigenvalue weighted by atomic mass is 16.5. The summed E-state index contributed by atoms with van der Waals surface area (Å²) in [6.45, 7) is 18.6. The molecule has 0 aliphatic carbocycles. The number of nitrogens with one attached hydrogen (secondary N) is 2. The second-order valence-corrected chi connectivity index (χ2v) is 12.4. The minimum absolute atomic E-state index is 0.00238. The topological polar surface area (TPSA) is 152 Å². The predicted octanol–water partition coefficient (Wildman–Crippen LogP) is 5.68. The van der Waals surface area contributed by atoms with Crippen molar-refractivity contribution >= 4 is 35.9 Å². The lowest BCUT2D eigenvalue weighted by Gasteiger charge is -2.35. The highest BCUT2D eigenvalue weighted by Crippen LogP contribution is 2.38. The predicted molar refractivity (Wildman–Crippen MR) is 202 cm³/mol. The lowest BCUT2D eigenvalue weighted by Crippen LogP contribution is -2.41. The molecule has 1 aliphatic heterocycles. The van der Waals surface area contributed by atoms with E-state index in [0.29, 0.717) is 44.0 Å². The first-order chi connectivity index (χ1) is 23.5. The van der Waals surface area contributed by atoms with Crippen LogP contribution in [-0.2, 0) is 30.4 Å². The maximum absolute atomic E-state index is 13.4. The first-order valence-electron chi connectivity index (χ1n) is 17.5. The molecule has 49 heavy (non-hydrogen) atoms. The van der Waals surface area contributed by atoms with Gasteiger partial charge in [0.15, 0.2) is 0 Å². The highest BCUT2D eigenvalue weighted by molar-refractivity contribution is 6.02. The van der Waals surface area contributed by atoms with E-state index in [4.69, 9.17) is 21.1 Å². The van der Waals surface area contributed by atoms with Crippen molar-refractivity contribution in [1.29, 1.82) is 0 Å². The molecule has 2 aromatic carbocycles. The molecule has 0 radical (unpaired) electrons. The van der Waals surface area contributed by atoms with Crippen LogP contribution < -0.4 is 27.1 Å². The van der Waals surface area contributed by atoms with Gasteiger partial charge in [-0.2, -0.15) is 0 Å². The average molecular weight is 685 g/mol. The number of amides is 2. The second-order valence-electron chi connectivity index (χ2n) is 12.4. The van der Waals surface area contributed by atoms with Gasteiger partial charge in [-0.1, -0.05) is 110 Å². The summed E-state index contributed by atoms with van der Waals surface area (Å²) >= 11 is 0. The van der Waals surface area contributed by atoms with Gasteiger partial charge in [0.25, 0.3) is 6.47 Å². The van der Waals surface area contributed by atoms with E-state index < -0.39 is 5.41 Å². The Hall–Kier alpha value is -3.93. The number of nitrogens with two attached hydrogens (primary N) is 2. The number of nitrogens with zero attached hydrogens (tertiary/aromatic N) is 2. The highest BCUT2D eigenvalue weighted by Gasteiger charge is 2.33. The van der Waals surface area contributed by atoms with Crippen LogP contribution in [0.1, 0.15) is 97.3 Å². The van der Waals surface area contributed by atoms with Gasteiger partial charge in [-0.25, -0.2) is 5.84 Å². The van der Waals surface area contributed by atoms with Crippen LogP contribution >= 0.6 is 0 Å². The molecule has 0 saturated carbocycles. The van der Waals surface area contributed by atoms with Crippen molar-refractivity contribution in [3.63, 3.8) is 0 Å². The molecule has 0 fully saturated rings. The minimum Gasteiger partial charge on any atom is -0.466 e. The third-order valence-corrected chi connectivity index (χ3v) is 6.89. The Morgan fingerprint density at radius 1 is 0.918 bits per heavy atom. The number of ether oxygens (including phenoxy) is 2. The van der Waals surface area contributed by atoms with Crippen molar-refractivity contribution in [3.8, 4) is 0 Å². The summed E-state index contributed by atoms with van der Waals surface area (Å²) in [5, 5.41) is 7.08. The van der Waals surface area contributed by atoms with E-state index in [1.54, 1.807) is 4.90 Å². The van der Waals surface area contributed by atoms with Gasteiger partial charge in [0.2, 0.25) is 12.3 Å². The number of para-hydroxylation sites is 1. The van der Waals surface area contributed by atoms with Crippen molar-refractivity contribution < 1.29 is 23.9 Å². The molecule has 0 bridgehead atoms. The summed E-state index contributed by atoms with van der Waals surface area (Å²) in [6.07, 6.45) is 6.96. The molecule has 0 aromatic heterocycles. The zero-order chi connectivity index (χ0) is 37.1. The number of benzene rings is 2. The molecule has 276 valence electrons. The third kappa shape index (κ3) is 17.3. The number of carbonyl (C=O) groups excluding carboxylic acids is 3. The molecule has 0 atom stereocenters. The van der Waals surface area contributed by atoms with E-state index >= 15 is 0 Å². The Labute approximate surface area is 295 Å². The van der Waals surface area contributed by atoms with Gasteiger partial charge < -0.3 is 35.7 Å². The fraction of sp³-hybridized carbons (Fsp3) is 0.553. The van der Waals surface area contributed by atoms with Crippen molar-refractivity contribution in [3.05, 3.63) is 65.2 Å². The SMILES string of the molecule is CC(C)(C)C(=O)N1Cc2ccccc2/C(N)=C(/N(N)CCOC=O)c2ccccc21.CCC.CCCCCNC.CCCOCCNC=O. The minimum atomic E-state index is -0.573. The van der Waals surface area contributed by atoms with Crippen molar-refractivity contribution in [2.24, 2.45) is 17.0 Å². The molecular formula is C38H64N6O5. The summed E-state index contributed by atoms with van der Waals surface area (Å²) in [4.78, 5) is 35.4. The zero-order valence-electron chi connectivity index (χ0n) is 31.3. The molecule has 0 saturated heterocycles. The number of unbranched alkanes of at least 4 members (excludes halogenated alkanes) is 2. The molecule has 3 rings (SSSR count). The van der Waals surface area contributed by atoms with Crippen LogP contribution in [-0.4, -0.2) is 70.3 Å². The van der Waals surface area contributed by atoms with Crippen molar-refractivity contribution in [2.45, 2.75) is 87.1 Å². The molecule has 2 aromatic rings. The van der Waals surface area contributed by atoms with E-state index in [2.05, 4.69) is 31.4 Å². The number of anilines is 1. The van der Waals surface area contributed by atoms with Crippen molar-refractivity contribution in [1.82, 2.24) is 15.6 Å². The van der Waals surface area contributed by atoms with Gasteiger partial charge in [0, 0.05) is 29.7 Å². The Kier molecular flexibility index (Phi) is 24.8. The molecule has 0 unspecified atom stereocenters. The molecule has 6 N–H and O–H groups in total. The fourth-order valence-corrected chi connectivity index (χ4v) is 4.55. The molecule has 0 spiro atoms. The lowest BCUT2D eigenvalue weighted by molar-refractivity contribution is -0.129. The monoisotopic (exact) mass is 684 g/mol. The van der Waals surface area contributed by atoms with Crippen LogP contribution in [0.4, 0.5) is 5.69 Å². The van der Waals surface area contributed by atoms with Crippen LogP contribution in [0.25, 0.3) is 11.4 Å². The Morgan fingerprint density at radius 3 is 2.12 bits per heavy atom.